The van der Waals surface area contributed by atoms with Gasteiger partial charge in [-0.1, -0.05) is 28.1 Å². The highest BCUT2D eigenvalue weighted by Crippen LogP contribution is 2.35. The summed E-state index contributed by atoms with van der Waals surface area (Å²) in [6.45, 7) is 0. The van der Waals surface area contributed by atoms with Crippen molar-refractivity contribution in [1.82, 2.24) is 0 Å². The van der Waals surface area contributed by atoms with E-state index >= 15 is 0 Å². The Morgan fingerprint density at radius 2 is 1.70 bits per heavy atom. The summed E-state index contributed by atoms with van der Waals surface area (Å²) in [7, 11) is 0. The first-order valence-corrected chi connectivity index (χ1v) is 7.31. The summed E-state index contributed by atoms with van der Waals surface area (Å²) in [5.41, 5.74) is -1.24. The Balaban J connectivity index is 2.22. The van der Waals surface area contributed by atoms with Crippen LogP contribution in [-0.2, 0) is 6.18 Å². The van der Waals surface area contributed by atoms with Crippen molar-refractivity contribution in [2.75, 3.05) is 10.6 Å². The number of hydrogen-bond donors (Lipinski definition) is 3. The van der Waals surface area contributed by atoms with E-state index in [1.807, 2.05) is 0 Å². The van der Waals surface area contributed by atoms with E-state index in [1.165, 1.54) is 24.3 Å². The van der Waals surface area contributed by atoms with E-state index in [9.17, 15) is 22.7 Å². The topological polar surface area (TPSA) is 44.3 Å². The monoisotopic (exact) mass is 408 g/mol. The zero-order valence-corrected chi connectivity index (χ0v) is 13.6. The van der Waals surface area contributed by atoms with Crippen LogP contribution in [0.3, 0.4) is 0 Å². The lowest BCUT2D eigenvalue weighted by Crippen LogP contribution is -2.21. The van der Waals surface area contributed by atoms with Gasteiger partial charge >= 0.3 is 6.18 Å². The van der Waals surface area contributed by atoms with Gasteiger partial charge in [-0.3, -0.25) is 0 Å². The molecule has 122 valence electrons. The first kappa shape index (κ1) is 17.5. The first-order valence-electron chi connectivity index (χ1n) is 6.10. The number of halogens is 5. The van der Waals surface area contributed by atoms with Gasteiger partial charge in [-0.25, -0.2) is 4.39 Å². The fourth-order valence-corrected chi connectivity index (χ4v) is 2.43. The Morgan fingerprint density at radius 1 is 1.09 bits per heavy atom. The van der Waals surface area contributed by atoms with E-state index in [1.54, 1.807) is 0 Å². The minimum absolute atomic E-state index is 0.0844. The molecule has 0 aromatic heterocycles. The van der Waals surface area contributed by atoms with Gasteiger partial charge in [0.1, 0.15) is 0 Å². The third-order valence-electron chi connectivity index (χ3n) is 2.76. The molecule has 0 spiro atoms. The Hall–Kier alpha value is -1.87. The molecule has 0 radical (unpaired) electrons. The van der Waals surface area contributed by atoms with Crippen molar-refractivity contribution >= 4 is 44.6 Å². The number of anilines is 2. The normalized spacial score (nSPS) is 11.2. The molecule has 2 aromatic carbocycles. The molecule has 0 aliphatic heterocycles. The number of aromatic hydroxyl groups is 1. The predicted molar refractivity (Wildman–Crippen MR) is 87.1 cm³/mol. The molecule has 9 heteroatoms. The molecule has 0 bridgehead atoms. The fourth-order valence-electron chi connectivity index (χ4n) is 1.78. The number of rotatable bonds is 2. The largest absolute Gasteiger partial charge is 0.503 e. The van der Waals surface area contributed by atoms with Crippen LogP contribution in [0.2, 0.25) is 0 Å². The molecule has 3 nitrogen and oxygen atoms in total. The molecule has 23 heavy (non-hydrogen) atoms. The summed E-state index contributed by atoms with van der Waals surface area (Å²) >= 11 is 7.95. The van der Waals surface area contributed by atoms with E-state index in [-0.39, 0.29) is 16.5 Å². The molecule has 0 unspecified atom stereocenters. The van der Waals surface area contributed by atoms with E-state index in [4.69, 9.17) is 12.2 Å². The van der Waals surface area contributed by atoms with Crippen LogP contribution in [0.1, 0.15) is 5.56 Å². The zero-order valence-electron chi connectivity index (χ0n) is 11.2. The lowest BCUT2D eigenvalue weighted by molar-refractivity contribution is -0.136. The number of thiocarbonyl (C=S) groups is 1. The third-order valence-corrected chi connectivity index (χ3v) is 3.42. The van der Waals surface area contributed by atoms with Crippen molar-refractivity contribution in [3.8, 4) is 5.75 Å². The van der Waals surface area contributed by atoms with Crippen LogP contribution < -0.4 is 10.6 Å². The average molecular weight is 409 g/mol. The second-order valence-electron chi connectivity index (χ2n) is 4.41. The Labute approximate surface area is 142 Å². The van der Waals surface area contributed by atoms with Crippen molar-refractivity contribution in [3.05, 3.63) is 52.3 Å². The molecule has 0 aliphatic rings. The summed E-state index contributed by atoms with van der Waals surface area (Å²) < 4.78 is 52.4. The lowest BCUT2D eigenvalue weighted by Gasteiger charge is -2.16. The molecule has 0 saturated heterocycles. The van der Waals surface area contributed by atoms with Crippen LogP contribution in [0.25, 0.3) is 0 Å². The van der Waals surface area contributed by atoms with Crippen molar-refractivity contribution < 1.29 is 22.7 Å². The highest BCUT2D eigenvalue weighted by Gasteiger charge is 2.33. The molecule has 3 N–H and O–H groups in total. The van der Waals surface area contributed by atoms with E-state index in [2.05, 4.69) is 26.6 Å². The van der Waals surface area contributed by atoms with Gasteiger partial charge in [0.25, 0.3) is 0 Å². The van der Waals surface area contributed by atoms with Gasteiger partial charge in [0.2, 0.25) is 0 Å². The second kappa shape index (κ2) is 6.71. The van der Waals surface area contributed by atoms with Crippen molar-refractivity contribution in [2.24, 2.45) is 0 Å². The van der Waals surface area contributed by atoms with Gasteiger partial charge in [0.15, 0.2) is 16.7 Å². The Bertz CT molecular complexity index is 752. The number of alkyl halides is 3. The lowest BCUT2D eigenvalue weighted by atomic mass is 10.1. The van der Waals surface area contributed by atoms with E-state index in [0.717, 1.165) is 12.1 Å². The number of phenols is 1. The van der Waals surface area contributed by atoms with E-state index < -0.39 is 23.3 Å². The molecule has 0 amide bonds. The van der Waals surface area contributed by atoms with Crippen LogP contribution in [0.15, 0.2) is 40.9 Å². The molecule has 2 aromatic rings. The Kier molecular flexibility index (Phi) is 5.10. The number of nitrogens with one attached hydrogen (secondary N) is 2. The minimum Gasteiger partial charge on any atom is -0.503 e. The highest BCUT2D eigenvalue weighted by atomic mass is 79.9. The Morgan fingerprint density at radius 3 is 2.35 bits per heavy atom. The third kappa shape index (κ3) is 4.32. The van der Waals surface area contributed by atoms with Gasteiger partial charge in [-0.05, 0) is 36.5 Å². The van der Waals surface area contributed by atoms with Gasteiger partial charge in [0, 0.05) is 4.47 Å². The molecule has 0 aliphatic carbocycles. The van der Waals surface area contributed by atoms with Gasteiger partial charge in [-0.2, -0.15) is 13.2 Å². The molecule has 2 rings (SSSR count). The van der Waals surface area contributed by atoms with Crippen LogP contribution in [0, 0.1) is 5.82 Å². The predicted octanol–water partition coefficient (Wildman–Crippen LogP) is 5.12. The van der Waals surface area contributed by atoms with E-state index in [0.29, 0.717) is 4.47 Å². The maximum Gasteiger partial charge on any atom is 0.418 e. The van der Waals surface area contributed by atoms with Crippen LogP contribution in [-0.4, -0.2) is 10.2 Å². The van der Waals surface area contributed by atoms with Crippen molar-refractivity contribution in [1.29, 1.82) is 0 Å². The maximum atomic E-state index is 13.4. The number of benzene rings is 2. The quantitative estimate of drug-likeness (QED) is 0.366. The SMILES string of the molecule is Oc1c(F)cc(Br)cc1NC(=S)Nc1ccccc1C(F)(F)F. The summed E-state index contributed by atoms with van der Waals surface area (Å²) in [6.07, 6.45) is -4.55. The average Bonchev–Trinajstić information content (AvgIpc) is 2.43. The zero-order chi connectivity index (χ0) is 17.2. The highest BCUT2D eigenvalue weighted by molar-refractivity contribution is 9.10. The summed E-state index contributed by atoms with van der Waals surface area (Å²) in [5.74, 6) is -1.60. The number of hydrogen-bond acceptors (Lipinski definition) is 2. The molecule has 0 fully saturated rings. The second-order valence-corrected chi connectivity index (χ2v) is 5.73. The number of phenolic OH excluding ortho intramolecular Hbond substituents is 1. The molecule has 0 heterocycles. The minimum atomic E-state index is -4.55. The number of para-hydroxylation sites is 1. The summed E-state index contributed by atoms with van der Waals surface area (Å²) in [4.78, 5) is 0. The molecule has 0 saturated carbocycles. The van der Waals surface area contributed by atoms with Gasteiger partial charge in [0.05, 0.1) is 16.9 Å². The first-order chi connectivity index (χ1) is 10.7. The molecular weight excluding hydrogens is 400 g/mol. The summed E-state index contributed by atoms with van der Waals surface area (Å²) in [5, 5.41) is 14.2. The van der Waals surface area contributed by atoms with Crippen molar-refractivity contribution in [2.45, 2.75) is 6.18 Å². The van der Waals surface area contributed by atoms with Crippen molar-refractivity contribution in [3.63, 3.8) is 0 Å². The van der Waals surface area contributed by atoms with Crippen LogP contribution >= 0.6 is 28.1 Å². The van der Waals surface area contributed by atoms with Crippen LogP contribution in [0.5, 0.6) is 5.75 Å². The molecule has 0 atom stereocenters. The maximum absolute atomic E-state index is 13.4. The summed E-state index contributed by atoms with van der Waals surface area (Å²) in [6, 6.07) is 7.15. The van der Waals surface area contributed by atoms with Gasteiger partial charge < -0.3 is 15.7 Å². The van der Waals surface area contributed by atoms with Crippen LogP contribution in [0.4, 0.5) is 28.9 Å². The molecular formula is C14H9BrF4N2OS. The van der Waals surface area contributed by atoms with Gasteiger partial charge in [-0.15, -0.1) is 0 Å². The standard InChI is InChI=1S/C14H9BrF4N2OS/c15-7-5-9(16)12(22)11(6-7)21-13(23)20-10-4-2-1-3-8(10)14(17,18)19/h1-6,22H,(H2,20,21,23). The fraction of sp³-hybridized carbons (Fsp3) is 0.0714. The smallest absolute Gasteiger partial charge is 0.418 e.